The van der Waals surface area contributed by atoms with Crippen LogP contribution in [0.25, 0.3) is 0 Å². The maximum atomic E-state index is 5.63. The summed E-state index contributed by atoms with van der Waals surface area (Å²) >= 11 is 5.57. The molecule has 1 atom stereocenters. The Morgan fingerprint density at radius 1 is 1.23 bits per heavy atom. The van der Waals surface area contributed by atoms with E-state index >= 15 is 0 Å². The molecule has 2 nitrogen and oxygen atoms in total. The summed E-state index contributed by atoms with van der Waals surface area (Å²) in [4.78, 5) is 0. The third-order valence-electron chi connectivity index (χ3n) is 2.27. The highest BCUT2D eigenvalue weighted by molar-refractivity contribution is 6.17. The van der Waals surface area contributed by atoms with Crippen LogP contribution in [0.4, 0.5) is 0 Å². The quantitative estimate of drug-likeness (QED) is 0.471. The van der Waals surface area contributed by atoms with Crippen molar-refractivity contribution in [3.8, 4) is 0 Å². The minimum Gasteiger partial charge on any atom is -0.379 e. The van der Waals surface area contributed by atoms with Crippen LogP contribution in [-0.2, 0) is 9.47 Å². The van der Waals surface area contributed by atoms with E-state index in [0.29, 0.717) is 6.10 Å². The molecule has 0 aromatic heterocycles. The first-order valence-electron chi connectivity index (χ1n) is 5.19. The van der Waals surface area contributed by atoms with Gasteiger partial charge in [0.2, 0.25) is 0 Å². The van der Waals surface area contributed by atoms with Crippen LogP contribution >= 0.6 is 11.6 Å². The number of rotatable bonds is 7. The van der Waals surface area contributed by atoms with Crippen LogP contribution in [0.2, 0.25) is 0 Å². The second-order valence-corrected chi connectivity index (χ2v) is 3.84. The number of alkyl halides is 1. The van der Waals surface area contributed by atoms with Crippen LogP contribution in [-0.4, -0.2) is 31.8 Å². The van der Waals surface area contributed by atoms with E-state index < -0.39 is 0 Å². The van der Waals surface area contributed by atoms with Gasteiger partial charge in [-0.1, -0.05) is 12.8 Å². The molecule has 1 aliphatic heterocycles. The van der Waals surface area contributed by atoms with Gasteiger partial charge in [-0.25, -0.2) is 0 Å². The minimum absolute atomic E-state index is 0.369. The average molecular weight is 207 g/mol. The summed E-state index contributed by atoms with van der Waals surface area (Å²) in [6, 6.07) is 0. The monoisotopic (exact) mass is 206 g/mol. The molecule has 0 radical (unpaired) electrons. The number of hydrogen-bond acceptors (Lipinski definition) is 2. The third-order valence-corrected chi connectivity index (χ3v) is 2.54. The standard InChI is InChI=1S/C10H19ClO2/c11-6-3-1-2-4-7-13-10-5-8-12-9-10/h10H,1-9H2. The Morgan fingerprint density at radius 3 is 2.77 bits per heavy atom. The number of hydrogen-bond donors (Lipinski definition) is 0. The van der Waals surface area contributed by atoms with Crippen molar-refractivity contribution in [3.63, 3.8) is 0 Å². The predicted octanol–water partition coefficient (Wildman–Crippen LogP) is 2.59. The lowest BCUT2D eigenvalue weighted by atomic mass is 10.2. The molecule has 0 bridgehead atoms. The lowest BCUT2D eigenvalue weighted by molar-refractivity contribution is 0.0406. The molecule has 1 rings (SSSR count). The van der Waals surface area contributed by atoms with Gasteiger partial charge in [0.15, 0.2) is 0 Å². The van der Waals surface area contributed by atoms with Gasteiger partial charge in [0.05, 0.1) is 12.7 Å². The predicted molar refractivity (Wildman–Crippen MR) is 54.4 cm³/mol. The van der Waals surface area contributed by atoms with Crippen LogP contribution in [0.15, 0.2) is 0 Å². The average Bonchev–Trinajstić information content (AvgIpc) is 2.63. The highest BCUT2D eigenvalue weighted by Crippen LogP contribution is 2.09. The van der Waals surface area contributed by atoms with Gasteiger partial charge in [-0.3, -0.25) is 0 Å². The molecule has 0 saturated carbocycles. The van der Waals surface area contributed by atoms with Gasteiger partial charge in [-0.15, -0.1) is 11.6 Å². The fourth-order valence-electron chi connectivity index (χ4n) is 1.44. The van der Waals surface area contributed by atoms with Crippen LogP contribution in [0.3, 0.4) is 0 Å². The Kier molecular flexibility index (Phi) is 6.60. The van der Waals surface area contributed by atoms with Crippen LogP contribution < -0.4 is 0 Å². The summed E-state index contributed by atoms with van der Waals surface area (Å²) < 4.78 is 10.8. The van der Waals surface area contributed by atoms with Crippen LogP contribution in [0, 0.1) is 0 Å². The van der Waals surface area contributed by atoms with Crippen molar-refractivity contribution in [2.45, 2.75) is 38.2 Å². The summed E-state index contributed by atoms with van der Waals surface area (Å²) in [5.41, 5.74) is 0. The molecule has 1 unspecified atom stereocenters. The lowest BCUT2D eigenvalue weighted by Crippen LogP contribution is -2.12. The minimum atomic E-state index is 0.369. The summed E-state index contributed by atoms with van der Waals surface area (Å²) in [5, 5.41) is 0. The number of unbranched alkanes of at least 4 members (excludes halogenated alkanes) is 3. The summed E-state index contributed by atoms with van der Waals surface area (Å²) in [5.74, 6) is 0.789. The SMILES string of the molecule is ClCCCCCCOC1CCOC1. The topological polar surface area (TPSA) is 18.5 Å². The van der Waals surface area contributed by atoms with Crippen molar-refractivity contribution < 1.29 is 9.47 Å². The van der Waals surface area contributed by atoms with Crippen LogP contribution in [0.5, 0.6) is 0 Å². The number of halogens is 1. The molecule has 0 spiro atoms. The molecule has 1 saturated heterocycles. The maximum absolute atomic E-state index is 5.63. The first-order valence-corrected chi connectivity index (χ1v) is 5.72. The van der Waals surface area contributed by atoms with Gasteiger partial charge >= 0.3 is 0 Å². The van der Waals surface area contributed by atoms with E-state index in [1.54, 1.807) is 0 Å². The van der Waals surface area contributed by atoms with Crippen molar-refractivity contribution in [3.05, 3.63) is 0 Å². The second kappa shape index (κ2) is 7.60. The highest BCUT2D eigenvalue weighted by atomic mass is 35.5. The molecule has 0 N–H and O–H groups in total. The number of ether oxygens (including phenoxy) is 2. The Bertz CT molecular complexity index is 113. The van der Waals surface area contributed by atoms with Crippen molar-refractivity contribution in [2.24, 2.45) is 0 Å². The molecule has 3 heteroatoms. The van der Waals surface area contributed by atoms with Gasteiger partial charge in [-0.05, 0) is 19.3 Å². The Labute approximate surface area is 85.5 Å². The third kappa shape index (κ3) is 5.50. The zero-order valence-electron chi connectivity index (χ0n) is 8.14. The molecule has 0 aromatic carbocycles. The molecule has 0 amide bonds. The molecule has 0 aliphatic carbocycles. The highest BCUT2D eigenvalue weighted by Gasteiger charge is 2.14. The molecule has 1 aliphatic rings. The first-order chi connectivity index (χ1) is 6.43. The van der Waals surface area contributed by atoms with E-state index in [2.05, 4.69) is 0 Å². The largest absolute Gasteiger partial charge is 0.379 e. The molecular weight excluding hydrogens is 188 g/mol. The second-order valence-electron chi connectivity index (χ2n) is 3.46. The van der Waals surface area contributed by atoms with Crippen molar-refractivity contribution in [2.75, 3.05) is 25.7 Å². The van der Waals surface area contributed by atoms with E-state index in [4.69, 9.17) is 21.1 Å². The van der Waals surface area contributed by atoms with Gasteiger partial charge in [0.25, 0.3) is 0 Å². The molecular formula is C10H19ClO2. The van der Waals surface area contributed by atoms with Gasteiger partial charge < -0.3 is 9.47 Å². The normalized spacial score (nSPS) is 22.4. The first kappa shape index (κ1) is 11.3. The van der Waals surface area contributed by atoms with E-state index in [0.717, 1.165) is 45.0 Å². The van der Waals surface area contributed by atoms with E-state index in [1.807, 2.05) is 0 Å². The fourth-order valence-corrected chi connectivity index (χ4v) is 1.63. The van der Waals surface area contributed by atoms with Crippen molar-refractivity contribution >= 4 is 11.6 Å². The van der Waals surface area contributed by atoms with E-state index in [1.165, 1.54) is 12.8 Å². The molecule has 13 heavy (non-hydrogen) atoms. The smallest absolute Gasteiger partial charge is 0.0830 e. The maximum Gasteiger partial charge on any atom is 0.0830 e. The van der Waals surface area contributed by atoms with Gasteiger partial charge in [-0.2, -0.15) is 0 Å². The zero-order valence-corrected chi connectivity index (χ0v) is 8.89. The van der Waals surface area contributed by atoms with Crippen molar-refractivity contribution in [1.29, 1.82) is 0 Å². The van der Waals surface area contributed by atoms with E-state index in [-0.39, 0.29) is 0 Å². The Hall–Kier alpha value is 0.210. The van der Waals surface area contributed by atoms with Crippen molar-refractivity contribution in [1.82, 2.24) is 0 Å². The van der Waals surface area contributed by atoms with E-state index in [9.17, 15) is 0 Å². The fraction of sp³-hybridized carbons (Fsp3) is 1.00. The summed E-state index contributed by atoms with van der Waals surface area (Å²) in [6.07, 6.45) is 6.20. The molecule has 1 fully saturated rings. The summed E-state index contributed by atoms with van der Waals surface area (Å²) in [6.45, 7) is 2.55. The summed E-state index contributed by atoms with van der Waals surface area (Å²) in [7, 11) is 0. The molecule has 0 aromatic rings. The Morgan fingerprint density at radius 2 is 2.08 bits per heavy atom. The van der Waals surface area contributed by atoms with Gasteiger partial charge in [0, 0.05) is 19.1 Å². The van der Waals surface area contributed by atoms with Crippen LogP contribution in [0.1, 0.15) is 32.1 Å². The van der Waals surface area contributed by atoms with Gasteiger partial charge in [0.1, 0.15) is 0 Å². The Balaban J connectivity index is 1.78. The zero-order chi connectivity index (χ0) is 9.36. The molecule has 78 valence electrons. The molecule has 1 heterocycles. The lowest BCUT2D eigenvalue weighted by Gasteiger charge is -2.08.